The van der Waals surface area contributed by atoms with Crippen LogP contribution in [0.15, 0.2) is 46.9 Å². The zero-order chi connectivity index (χ0) is 16.8. The summed E-state index contributed by atoms with van der Waals surface area (Å²) in [6.07, 6.45) is 0.208. The summed E-state index contributed by atoms with van der Waals surface area (Å²) in [4.78, 5) is 25.5. The average Bonchev–Trinajstić information content (AvgIpc) is 2.92. The second kappa shape index (κ2) is 7.63. The summed E-state index contributed by atoms with van der Waals surface area (Å²) in [7, 11) is 1.73. The van der Waals surface area contributed by atoms with Gasteiger partial charge in [-0.15, -0.1) is 0 Å². The summed E-state index contributed by atoms with van der Waals surface area (Å²) in [6.45, 7) is 3.73. The normalized spacial score (nSPS) is 11.8. The van der Waals surface area contributed by atoms with Gasteiger partial charge in [0, 0.05) is 14.0 Å². The van der Waals surface area contributed by atoms with Crippen molar-refractivity contribution in [1.29, 1.82) is 0 Å². The molecule has 0 aliphatic carbocycles. The predicted molar refractivity (Wildman–Crippen MR) is 87.5 cm³/mol. The molecule has 0 spiro atoms. The molecule has 1 aromatic carbocycles. The zero-order valence-electron chi connectivity index (χ0n) is 13.7. The van der Waals surface area contributed by atoms with E-state index in [1.165, 1.54) is 6.92 Å². The molecule has 2 amide bonds. The van der Waals surface area contributed by atoms with E-state index < -0.39 is 0 Å². The Morgan fingerprint density at radius 2 is 1.87 bits per heavy atom. The van der Waals surface area contributed by atoms with E-state index in [2.05, 4.69) is 5.32 Å². The second-order valence-corrected chi connectivity index (χ2v) is 5.63. The van der Waals surface area contributed by atoms with Gasteiger partial charge in [0.25, 0.3) is 0 Å². The standard InChI is InChI=1S/C18H22N2O3/c1-13-9-10-16(23-13)12-20(3)18(22)11-17(19-14(2)21)15-7-5-4-6-8-15/h4-10,17H,11-12H2,1-3H3,(H,19,21). The van der Waals surface area contributed by atoms with Gasteiger partial charge in [-0.1, -0.05) is 30.3 Å². The first kappa shape index (κ1) is 16.8. The number of carbonyl (C=O) groups excluding carboxylic acids is 2. The fourth-order valence-electron chi connectivity index (χ4n) is 2.41. The first-order valence-electron chi connectivity index (χ1n) is 7.57. The number of amides is 2. The maximum Gasteiger partial charge on any atom is 0.225 e. The highest BCUT2D eigenvalue weighted by atomic mass is 16.3. The van der Waals surface area contributed by atoms with E-state index in [0.29, 0.717) is 6.54 Å². The second-order valence-electron chi connectivity index (χ2n) is 5.63. The molecule has 0 saturated heterocycles. The molecule has 1 heterocycles. The third-order valence-corrected chi connectivity index (χ3v) is 3.57. The number of hydrogen-bond acceptors (Lipinski definition) is 3. The largest absolute Gasteiger partial charge is 0.464 e. The minimum Gasteiger partial charge on any atom is -0.464 e. The van der Waals surface area contributed by atoms with E-state index in [9.17, 15) is 9.59 Å². The number of benzene rings is 1. The molecular formula is C18H22N2O3. The fourth-order valence-corrected chi connectivity index (χ4v) is 2.41. The number of hydrogen-bond donors (Lipinski definition) is 1. The third-order valence-electron chi connectivity index (χ3n) is 3.57. The van der Waals surface area contributed by atoms with Crippen LogP contribution in [0.3, 0.4) is 0 Å². The molecule has 0 aliphatic rings. The van der Waals surface area contributed by atoms with Crippen molar-refractivity contribution >= 4 is 11.8 Å². The molecule has 0 radical (unpaired) electrons. The lowest BCUT2D eigenvalue weighted by molar-refractivity contribution is -0.131. The van der Waals surface area contributed by atoms with Crippen molar-refractivity contribution in [2.24, 2.45) is 0 Å². The van der Waals surface area contributed by atoms with E-state index >= 15 is 0 Å². The maximum absolute atomic E-state index is 12.5. The number of nitrogens with zero attached hydrogens (tertiary/aromatic N) is 1. The van der Waals surface area contributed by atoms with E-state index in [1.807, 2.05) is 49.4 Å². The van der Waals surface area contributed by atoms with Crippen molar-refractivity contribution in [2.75, 3.05) is 7.05 Å². The van der Waals surface area contributed by atoms with Crippen LogP contribution in [0.1, 0.15) is 36.5 Å². The van der Waals surface area contributed by atoms with Gasteiger partial charge in [-0.2, -0.15) is 0 Å². The SMILES string of the molecule is CC(=O)NC(CC(=O)N(C)Cc1ccc(C)o1)c1ccccc1. The Bertz CT molecular complexity index is 664. The molecule has 2 aromatic rings. The van der Waals surface area contributed by atoms with Crippen LogP contribution in [0.25, 0.3) is 0 Å². The van der Waals surface area contributed by atoms with Crippen LogP contribution >= 0.6 is 0 Å². The summed E-state index contributed by atoms with van der Waals surface area (Å²) < 4.78 is 5.49. The van der Waals surface area contributed by atoms with Crippen LogP contribution < -0.4 is 5.32 Å². The number of nitrogens with one attached hydrogen (secondary N) is 1. The summed E-state index contributed by atoms with van der Waals surface area (Å²) in [5.41, 5.74) is 0.915. The van der Waals surface area contributed by atoms with Crippen molar-refractivity contribution in [2.45, 2.75) is 32.9 Å². The number of furan rings is 1. The molecule has 0 saturated carbocycles. The Labute approximate surface area is 136 Å². The average molecular weight is 314 g/mol. The summed E-state index contributed by atoms with van der Waals surface area (Å²) in [5.74, 6) is 1.35. The van der Waals surface area contributed by atoms with Gasteiger partial charge >= 0.3 is 0 Å². The molecule has 0 fully saturated rings. The van der Waals surface area contributed by atoms with E-state index in [1.54, 1.807) is 11.9 Å². The van der Waals surface area contributed by atoms with Gasteiger partial charge in [-0.3, -0.25) is 9.59 Å². The first-order valence-corrected chi connectivity index (χ1v) is 7.57. The van der Waals surface area contributed by atoms with Crippen molar-refractivity contribution in [3.63, 3.8) is 0 Å². The minimum absolute atomic E-state index is 0.0540. The topological polar surface area (TPSA) is 62.6 Å². The van der Waals surface area contributed by atoms with Gasteiger partial charge in [0.1, 0.15) is 11.5 Å². The molecule has 1 atom stereocenters. The highest BCUT2D eigenvalue weighted by Crippen LogP contribution is 2.18. The van der Waals surface area contributed by atoms with Crippen LogP contribution in [0.5, 0.6) is 0 Å². The monoisotopic (exact) mass is 314 g/mol. The summed E-state index contributed by atoms with van der Waals surface area (Å²) in [5, 5.41) is 2.84. The van der Waals surface area contributed by atoms with Crippen LogP contribution in [0.2, 0.25) is 0 Å². The van der Waals surface area contributed by atoms with E-state index in [0.717, 1.165) is 17.1 Å². The zero-order valence-corrected chi connectivity index (χ0v) is 13.7. The smallest absolute Gasteiger partial charge is 0.225 e. The highest BCUT2D eigenvalue weighted by molar-refractivity contribution is 5.79. The Hall–Kier alpha value is -2.56. The molecule has 1 unspecified atom stereocenters. The van der Waals surface area contributed by atoms with Crippen LogP contribution in [0, 0.1) is 6.92 Å². The van der Waals surface area contributed by atoms with E-state index in [-0.39, 0.29) is 24.3 Å². The van der Waals surface area contributed by atoms with Gasteiger partial charge < -0.3 is 14.6 Å². The third kappa shape index (κ3) is 4.98. The molecule has 0 aliphatic heterocycles. The van der Waals surface area contributed by atoms with Crippen molar-refractivity contribution in [3.8, 4) is 0 Å². The minimum atomic E-state index is -0.331. The first-order chi connectivity index (χ1) is 11.0. The van der Waals surface area contributed by atoms with Crippen LogP contribution in [-0.4, -0.2) is 23.8 Å². The lowest BCUT2D eigenvalue weighted by Crippen LogP contribution is -2.33. The molecule has 23 heavy (non-hydrogen) atoms. The van der Waals surface area contributed by atoms with Crippen molar-refractivity contribution in [3.05, 3.63) is 59.5 Å². The molecule has 5 heteroatoms. The summed E-state index contributed by atoms with van der Waals surface area (Å²) >= 11 is 0. The molecule has 2 rings (SSSR count). The molecule has 1 N–H and O–H groups in total. The number of aryl methyl sites for hydroxylation is 1. The van der Waals surface area contributed by atoms with Crippen LogP contribution in [-0.2, 0) is 16.1 Å². The molecule has 0 bridgehead atoms. The Morgan fingerprint density at radius 3 is 2.43 bits per heavy atom. The number of rotatable bonds is 6. The van der Waals surface area contributed by atoms with Gasteiger partial charge in [0.15, 0.2) is 0 Å². The lowest BCUT2D eigenvalue weighted by atomic mass is 10.0. The molecule has 1 aromatic heterocycles. The Balaban J connectivity index is 2.03. The van der Waals surface area contributed by atoms with Crippen molar-refractivity contribution < 1.29 is 14.0 Å². The lowest BCUT2D eigenvalue weighted by Gasteiger charge is -2.22. The Kier molecular flexibility index (Phi) is 5.57. The number of carbonyl (C=O) groups is 2. The van der Waals surface area contributed by atoms with Gasteiger partial charge in [0.05, 0.1) is 19.0 Å². The van der Waals surface area contributed by atoms with Gasteiger partial charge in [-0.25, -0.2) is 0 Å². The summed E-state index contributed by atoms with van der Waals surface area (Å²) in [6, 6.07) is 12.9. The van der Waals surface area contributed by atoms with E-state index in [4.69, 9.17) is 4.42 Å². The van der Waals surface area contributed by atoms with Gasteiger partial charge in [0.2, 0.25) is 11.8 Å². The molecular weight excluding hydrogens is 292 g/mol. The van der Waals surface area contributed by atoms with Gasteiger partial charge in [-0.05, 0) is 24.6 Å². The molecule has 5 nitrogen and oxygen atoms in total. The predicted octanol–water partition coefficient (Wildman–Crippen LogP) is 2.81. The Morgan fingerprint density at radius 1 is 1.17 bits per heavy atom. The quantitative estimate of drug-likeness (QED) is 0.892. The highest BCUT2D eigenvalue weighted by Gasteiger charge is 2.20. The molecule has 122 valence electrons. The van der Waals surface area contributed by atoms with Crippen molar-refractivity contribution in [1.82, 2.24) is 10.2 Å². The fraction of sp³-hybridized carbons (Fsp3) is 0.333. The maximum atomic E-state index is 12.5. The van der Waals surface area contributed by atoms with Crippen LogP contribution in [0.4, 0.5) is 0 Å².